The molecule has 3 N–H and O–H groups in total. The third kappa shape index (κ3) is 7.58. The number of carboxylic acid groups (broad SMARTS) is 1. The molecule has 178 valence electrons. The molecule has 2 aromatic carbocycles. The number of nitrogens with one attached hydrogen (secondary N) is 1. The molecule has 0 unspecified atom stereocenters. The molecule has 2 aromatic rings. The summed E-state index contributed by atoms with van der Waals surface area (Å²) in [5.41, 5.74) is 1.02. The van der Waals surface area contributed by atoms with Crippen LogP contribution in [-0.2, 0) is 25.5 Å². The molecule has 0 heterocycles. The molecule has 2 atom stereocenters. The van der Waals surface area contributed by atoms with Gasteiger partial charge in [0.1, 0.15) is 0 Å². The maximum absolute atomic E-state index is 12.4. The Bertz CT molecular complexity index is 978. The SMILES string of the molecule is CC(C)COC(=O)C(=O)N[C@H](Cc1ccc(-c2ccccc2)c(Cl)c1)C[C@@](C)(CO)C(=O)O. The fourth-order valence-electron chi connectivity index (χ4n) is 3.31. The summed E-state index contributed by atoms with van der Waals surface area (Å²) in [5.74, 6) is -3.14. The van der Waals surface area contributed by atoms with Crippen molar-refractivity contribution in [3.05, 3.63) is 59.1 Å². The van der Waals surface area contributed by atoms with Crippen LogP contribution in [0.15, 0.2) is 48.5 Å². The van der Waals surface area contributed by atoms with Gasteiger partial charge in [-0.2, -0.15) is 0 Å². The molecule has 8 heteroatoms. The lowest BCUT2D eigenvalue weighted by atomic mass is 9.82. The Morgan fingerprint density at radius 2 is 1.79 bits per heavy atom. The van der Waals surface area contributed by atoms with Crippen molar-refractivity contribution in [3.63, 3.8) is 0 Å². The molecule has 0 fully saturated rings. The molecule has 0 aromatic heterocycles. The Kier molecular flexibility index (Phi) is 9.44. The summed E-state index contributed by atoms with van der Waals surface area (Å²) in [6, 6.07) is 14.3. The van der Waals surface area contributed by atoms with E-state index < -0.39 is 35.9 Å². The van der Waals surface area contributed by atoms with Crippen molar-refractivity contribution >= 4 is 29.4 Å². The Labute approximate surface area is 198 Å². The number of amides is 1. The molecule has 0 bridgehead atoms. The number of carbonyl (C=O) groups excluding carboxylic acids is 2. The fourth-order valence-corrected chi connectivity index (χ4v) is 3.62. The van der Waals surface area contributed by atoms with Crippen LogP contribution in [0.3, 0.4) is 0 Å². The molecule has 0 aliphatic heterocycles. The lowest BCUT2D eigenvalue weighted by Crippen LogP contribution is -2.46. The maximum atomic E-state index is 12.4. The smallest absolute Gasteiger partial charge is 0.396 e. The molecule has 2 rings (SSSR count). The molecule has 0 radical (unpaired) electrons. The van der Waals surface area contributed by atoms with Gasteiger partial charge in [0.2, 0.25) is 0 Å². The largest absolute Gasteiger partial charge is 0.481 e. The van der Waals surface area contributed by atoms with E-state index in [2.05, 4.69) is 5.32 Å². The van der Waals surface area contributed by atoms with E-state index in [4.69, 9.17) is 16.3 Å². The number of benzene rings is 2. The zero-order chi connectivity index (χ0) is 24.6. The summed E-state index contributed by atoms with van der Waals surface area (Å²) >= 11 is 6.49. The average Bonchev–Trinajstić information content (AvgIpc) is 2.77. The highest BCUT2D eigenvalue weighted by Gasteiger charge is 2.36. The van der Waals surface area contributed by atoms with Gasteiger partial charge in [0.05, 0.1) is 18.6 Å². The zero-order valence-electron chi connectivity index (χ0n) is 19.0. The second kappa shape index (κ2) is 11.8. The zero-order valence-corrected chi connectivity index (χ0v) is 19.8. The van der Waals surface area contributed by atoms with E-state index in [0.29, 0.717) is 5.02 Å². The molecule has 0 aliphatic carbocycles. The number of aliphatic hydroxyl groups excluding tert-OH is 1. The van der Waals surface area contributed by atoms with Crippen LogP contribution in [0.2, 0.25) is 5.02 Å². The van der Waals surface area contributed by atoms with Crippen LogP contribution in [0, 0.1) is 11.3 Å². The first-order chi connectivity index (χ1) is 15.6. The normalized spacial score (nSPS) is 13.8. The van der Waals surface area contributed by atoms with E-state index in [1.54, 1.807) is 6.07 Å². The van der Waals surface area contributed by atoms with Gasteiger partial charge in [-0.3, -0.25) is 9.59 Å². The lowest BCUT2D eigenvalue weighted by Gasteiger charge is -2.28. The van der Waals surface area contributed by atoms with Crippen molar-refractivity contribution in [3.8, 4) is 11.1 Å². The highest BCUT2D eigenvalue weighted by Crippen LogP contribution is 2.30. The van der Waals surface area contributed by atoms with Crippen LogP contribution >= 0.6 is 11.6 Å². The highest BCUT2D eigenvalue weighted by molar-refractivity contribution is 6.33. The standard InChI is InChI=1S/C25H30ClNO6/c1-16(2)14-33-23(30)22(29)27-19(13-25(3,15-28)24(31)32)11-17-9-10-20(21(26)12-17)18-7-5-4-6-8-18/h4-10,12,16,19,28H,11,13-15H2,1-3H3,(H,27,29)(H,31,32)/t19-,25+/m1/s1. The summed E-state index contributed by atoms with van der Waals surface area (Å²) in [6.45, 7) is 4.54. The number of aliphatic carboxylic acids is 1. The quantitative estimate of drug-likeness (QED) is 0.356. The monoisotopic (exact) mass is 475 g/mol. The Morgan fingerprint density at radius 1 is 1.12 bits per heavy atom. The third-order valence-electron chi connectivity index (χ3n) is 5.23. The summed E-state index contributed by atoms with van der Waals surface area (Å²) in [7, 11) is 0. The molecule has 33 heavy (non-hydrogen) atoms. The van der Waals surface area contributed by atoms with Crippen LogP contribution in [-0.4, -0.2) is 47.3 Å². The van der Waals surface area contributed by atoms with Crippen LogP contribution in [0.4, 0.5) is 0 Å². The van der Waals surface area contributed by atoms with Gasteiger partial charge >= 0.3 is 17.8 Å². The number of hydrogen-bond donors (Lipinski definition) is 3. The van der Waals surface area contributed by atoms with Gasteiger partial charge in [-0.25, -0.2) is 4.79 Å². The summed E-state index contributed by atoms with van der Waals surface area (Å²) < 4.78 is 4.97. The van der Waals surface area contributed by atoms with Crippen molar-refractivity contribution in [2.75, 3.05) is 13.2 Å². The topological polar surface area (TPSA) is 113 Å². The molecule has 0 saturated carbocycles. The third-order valence-corrected chi connectivity index (χ3v) is 5.54. The maximum Gasteiger partial charge on any atom is 0.396 e. The number of ether oxygens (including phenoxy) is 1. The van der Waals surface area contributed by atoms with Gasteiger partial charge in [-0.15, -0.1) is 0 Å². The predicted octanol–water partition coefficient (Wildman–Crippen LogP) is 3.71. The minimum absolute atomic E-state index is 0.0625. The summed E-state index contributed by atoms with van der Waals surface area (Å²) in [4.78, 5) is 36.1. The average molecular weight is 476 g/mol. The molecule has 0 aliphatic rings. The van der Waals surface area contributed by atoms with Gasteiger partial charge < -0.3 is 20.3 Å². The van der Waals surface area contributed by atoms with E-state index >= 15 is 0 Å². The molecule has 0 saturated heterocycles. The van der Waals surface area contributed by atoms with Crippen molar-refractivity contribution in [1.82, 2.24) is 5.32 Å². The number of esters is 1. The van der Waals surface area contributed by atoms with Gasteiger partial charge in [-0.05, 0) is 42.9 Å². The number of hydrogen-bond acceptors (Lipinski definition) is 5. The van der Waals surface area contributed by atoms with Crippen molar-refractivity contribution in [2.24, 2.45) is 11.3 Å². The first kappa shape index (κ1) is 26.4. The van der Waals surface area contributed by atoms with Gasteiger partial charge in [0.15, 0.2) is 0 Å². The second-order valence-corrected chi connectivity index (χ2v) is 9.18. The summed E-state index contributed by atoms with van der Waals surface area (Å²) in [6.07, 6.45) is 0.112. The van der Waals surface area contributed by atoms with E-state index in [1.807, 2.05) is 56.3 Å². The summed E-state index contributed by atoms with van der Waals surface area (Å²) in [5, 5.41) is 22.3. The number of carbonyl (C=O) groups is 3. The lowest BCUT2D eigenvalue weighted by molar-refractivity contribution is -0.156. The Balaban J connectivity index is 2.24. The van der Waals surface area contributed by atoms with Gasteiger partial charge in [0, 0.05) is 16.6 Å². The second-order valence-electron chi connectivity index (χ2n) is 8.78. The fraction of sp³-hybridized carbons (Fsp3) is 0.400. The molecule has 0 spiro atoms. The predicted molar refractivity (Wildman–Crippen MR) is 126 cm³/mol. The van der Waals surface area contributed by atoms with Crippen LogP contribution in [0.25, 0.3) is 11.1 Å². The number of rotatable bonds is 10. The van der Waals surface area contributed by atoms with E-state index in [0.717, 1.165) is 16.7 Å². The Hall–Kier alpha value is -2.90. The van der Waals surface area contributed by atoms with Gasteiger partial charge in [-0.1, -0.05) is 67.9 Å². The van der Waals surface area contributed by atoms with E-state index in [1.165, 1.54) is 6.92 Å². The van der Waals surface area contributed by atoms with Crippen LogP contribution in [0.5, 0.6) is 0 Å². The van der Waals surface area contributed by atoms with Crippen molar-refractivity contribution in [1.29, 1.82) is 0 Å². The number of halogens is 1. The van der Waals surface area contributed by atoms with Crippen molar-refractivity contribution < 1.29 is 29.3 Å². The number of carboxylic acids is 1. The molecular formula is C25H30ClNO6. The molecular weight excluding hydrogens is 446 g/mol. The highest BCUT2D eigenvalue weighted by atomic mass is 35.5. The van der Waals surface area contributed by atoms with E-state index in [9.17, 15) is 24.6 Å². The molecule has 1 amide bonds. The van der Waals surface area contributed by atoms with Crippen LogP contribution < -0.4 is 5.32 Å². The van der Waals surface area contributed by atoms with Crippen LogP contribution in [0.1, 0.15) is 32.8 Å². The first-order valence-corrected chi connectivity index (χ1v) is 11.1. The minimum atomic E-state index is -1.51. The van der Waals surface area contributed by atoms with Crippen molar-refractivity contribution in [2.45, 2.75) is 39.7 Å². The minimum Gasteiger partial charge on any atom is -0.481 e. The Morgan fingerprint density at radius 3 is 2.33 bits per heavy atom. The van der Waals surface area contributed by atoms with E-state index in [-0.39, 0.29) is 25.4 Å². The first-order valence-electron chi connectivity index (χ1n) is 10.7. The number of aliphatic hydroxyl groups is 1. The van der Waals surface area contributed by atoms with Gasteiger partial charge in [0.25, 0.3) is 0 Å². The molecule has 7 nitrogen and oxygen atoms in total.